The molecule has 1 aromatic rings. The number of nitro benzene ring substituents is 1. The Labute approximate surface area is 110 Å². The maximum atomic E-state index is 10.8. The summed E-state index contributed by atoms with van der Waals surface area (Å²) in [4.78, 5) is 10.4. The molecule has 1 fully saturated rings. The standard InChI is InChI=1S/C12H14ClNO4/c1-8-10(2-9-5-17-7-18-6-9)3-11(14(15)16)4-12(8)13/h3-4,9H,2,5-7H2,1H3. The number of non-ortho nitro benzene ring substituents is 1. The Morgan fingerprint density at radius 3 is 2.72 bits per heavy atom. The summed E-state index contributed by atoms with van der Waals surface area (Å²) in [5.74, 6) is 0.218. The lowest BCUT2D eigenvalue weighted by Crippen LogP contribution is -2.26. The molecule has 0 unspecified atom stereocenters. The van der Waals surface area contributed by atoms with Crippen LogP contribution in [-0.2, 0) is 15.9 Å². The van der Waals surface area contributed by atoms with E-state index in [4.69, 9.17) is 21.1 Å². The lowest BCUT2D eigenvalue weighted by molar-refractivity contribution is -0.384. The minimum atomic E-state index is -0.428. The third-order valence-corrected chi connectivity index (χ3v) is 3.42. The Balaban J connectivity index is 2.22. The number of nitro groups is 1. The van der Waals surface area contributed by atoms with Crippen molar-refractivity contribution in [2.45, 2.75) is 13.3 Å². The minimum Gasteiger partial charge on any atom is -0.355 e. The van der Waals surface area contributed by atoms with E-state index in [9.17, 15) is 10.1 Å². The number of benzene rings is 1. The smallest absolute Gasteiger partial charge is 0.271 e. The molecule has 1 heterocycles. The van der Waals surface area contributed by atoms with Gasteiger partial charge in [0.15, 0.2) is 0 Å². The summed E-state index contributed by atoms with van der Waals surface area (Å²) in [5, 5.41) is 11.2. The van der Waals surface area contributed by atoms with Crippen LogP contribution in [0.4, 0.5) is 5.69 Å². The number of halogens is 1. The normalized spacial score (nSPS) is 16.8. The molecular formula is C12H14ClNO4. The Kier molecular flexibility index (Phi) is 4.16. The number of rotatable bonds is 3. The molecular weight excluding hydrogens is 258 g/mol. The summed E-state index contributed by atoms with van der Waals surface area (Å²) in [6.07, 6.45) is 0.674. The average molecular weight is 272 g/mol. The fourth-order valence-electron chi connectivity index (χ4n) is 2.00. The van der Waals surface area contributed by atoms with Crippen molar-refractivity contribution >= 4 is 17.3 Å². The number of hydrogen-bond donors (Lipinski definition) is 0. The van der Waals surface area contributed by atoms with Crippen molar-refractivity contribution in [3.05, 3.63) is 38.4 Å². The molecule has 0 aliphatic carbocycles. The van der Waals surface area contributed by atoms with E-state index < -0.39 is 4.92 Å². The van der Waals surface area contributed by atoms with Crippen LogP contribution in [0.25, 0.3) is 0 Å². The topological polar surface area (TPSA) is 61.6 Å². The first kappa shape index (κ1) is 13.3. The fourth-order valence-corrected chi connectivity index (χ4v) is 2.24. The molecule has 6 heteroatoms. The molecule has 1 aliphatic rings. The van der Waals surface area contributed by atoms with Gasteiger partial charge in [0.2, 0.25) is 0 Å². The van der Waals surface area contributed by atoms with Gasteiger partial charge < -0.3 is 9.47 Å². The first-order valence-electron chi connectivity index (χ1n) is 5.67. The highest BCUT2D eigenvalue weighted by atomic mass is 35.5. The summed E-state index contributed by atoms with van der Waals surface area (Å²) < 4.78 is 10.4. The van der Waals surface area contributed by atoms with Crippen molar-refractivity contribution < 1.29 is 14.4 Å². The van der Waals surface area contributed by atoms with Crippen LogP contribution >= 0.6 is 11.6 Å². The fraction of sp³-hybridized carbons (Fsp3) is 0.500. The number of nitrogens with zero attached hydrogens (tertiary/aromatic N) is 1. The zero-order valence-electron chi connectivity index (χ0n) is 10.0. The molecule has 1 saturated heterocycles. The van der Waals surface area contributed by atoms with Crippen LogP contribution in [0, 0.1) is 23.0 Å². The Bertz CT molecular complexity index is 458. The maximum Gasteiger partial charge on any atom is 0.271 e. The molecule has 18 heavy (non-hydrogen) atoms. The number of ether oxygens (including phenoxy) is 2. The van der Waals surface area contributed by atoms with E-state index in [1.165, 1.54) is 6.07 Å². The Morgan fingerprint density at radius 2 is 2.11 bits per heavy atom. The largest absolute Gasteiger partial charge is 0.355 e. The van der Waals surface area contributed by atoms with Gasteiger partial charge in [-0.2, -0.15) is 0 Å². The van der Waals surface area contributed by atoms with Gasteiger partial charge in [-0.05, 0) is 24.5 Å². The second-order valence-corrected chi connectivity index (χ2v) is 4.81. The van der Waals surface area contributed by atoms with Crippen LogP contribution in [0.1, 0.15) is 11.1 Å². The first-order valence-corrected chi connectivity index (χ1v) is 6.04. The zero-order chi connectivity index (χ0) is 13.1. The van der Waals surface area contributed by atoms with Gasteiger partial charge >= 0.3 is 0 Å². The van der Waals surface area contributed by atoms with Gasteiger partial charge in [0.05, 0.1) is 23.2 Å². The third kappa shape index (κ3) is 2.98. The monoisotopic (exact) mass is 271 g/mol. The summed E-state index contributed by atoms with van der Waals surface area (Å²) >= 11 is 6.01. The highest BCUT2D eigenvalue weighted by molar-refractivity contribution is 6.31. The van der Waals surface area contributed by atoms with E-state index in [1.54, 1.807) is 6.07 Å². The van der Waals surface area contributed by atoms with Crippen molar-refractivity contribution in [1.29, 1.82) is 0 Å². The maximum absolute atomic E-state index is 10.8. The van der Waals surface area contributed by atoms with Crippen LogP contribution in [0.5, 0.6) is 0 Å². The van der Waals surface area contributed by atoms with Gasteiger partial charge in [-0.15, -0.1) is 0 Å². The van der Waals surface area contributed by atoms with Gasteiger partial charge in [-0.25, -0.2) is 0 Å². The molecule has 0 aromatic heterocycles. The molecule has 0 spiro atoms. The quantitative estimate of drug-likeness (QED) is 0.626. The van der Waals surface area contributed by atoms with E-state index in [-0.39, 0.29) is 11.6 Å². The van der Waals surface area contributed by atoms with E-state index in [1.807, 2.05) is 6.92 Å². The van der Waals surface area contributed by atoms with Crippen molar-refractivity contribution in [2.24, 2.45) is 5.92 Å². The molecule has 0 radical (unpaired) electrons. The second kappa shape index (κ2) is 5.65. The lowest BCUT2D eigenvalue weighted by atomic mass is 9.96. The van der Waals surface area contributed by atoms with Crippen molar-refractivity contribution in [3.8, 4) is 0 Å². The molecule has 1 aliphatic heterocycles. The molecule has 0 bridgehead atoms. The minimum absolute atomic E-state index is 0.0262. The summed E-state index contributed by atoms with van der Waals surface area (Å²) in [6, 6.07) is 2.96. The highest BCUT2D eigenvalue weighted by Gasteiger charge is 2.19. The summed E-state index contributed by atoms with van der Waals surface area (Å²) in [6.45, 7) is 3.41. The van der Waals surface area contributed by atoms with Crippen LogP contribution in [-0.4, -0.2) is 24.9 Å². The molecule has 1 aromatic carbocycles. The molecule has 0 amide bonds. The van der Waals surface area contributed by atoms with E-state index in [2.05, 4.69) is 0 Å². The van der Waals surface area contributed by atoms with Gasteiger partial charge in [-0.1, -0.05) is 11.6 Å². The SMILES string of the molecule is Cc1c(Cl)cc([N+](=O)[O-])cc1CC1COCOC1. The predicted octanol–water partition coefficient (Wildman–Crippen LogP) is 2.72. The van der Waals surface area contributed by atoms with Crippen LogP contribution in [0.2, 0.25) is 5.02 Å². The van der Waals surface area contributed by atoms with Gasteiger partial charge in [0.1, 0.15) is 6.79 Å². The summed E-state index contributed by atoms with van der Waals surface area (Å²) in [7, 11) is 0. The lowest BCUT2D eigenvalue weighted by Gasteiger charge is -2.23. The number of hydrogen-bond acceptors (Lipinski definition) is 4. The van der Waals surface area contributed by atoms with Gasteiger partial charge in [0, 0.05) is 18.1 Å². The molecule has 0 N–H and O–H groups in total. The molecule has 0 atom stereocenters. The Hall–Kier alpha value is -1.17. The molecule has 2 rings (SSSR count). The van der Waals surface area contributed by atoms with Crippen molar-refractivity contribution in [1.82, 2.24) is 0 Å². The molecule has 98 valence electrons. The van der Waals surface area contributed by atoms with Crippen LogP contribution < -0.4 is 0 Å². The predicted molar refractivity (Wildman–Crippen MR) is 66.8 cm³/mol. The summed E-state index contributed by atoms with van der Waals surface area (Å²) in [5.41, 5.74) is 1.79. The first-order chi connectivity index (χ1) is 8.58. The van der Waals surface area contributed by atoms with Crippen molar-refractivity contribution in [2.75, 3.05) is 20.0 Å². The Morgan fingerprint density at radius 1 is 1.44 bits per heavy atom. The van der Waals surface area contributed by atoms with E-state index in [0.717, 1.165) is 11.1 Å². The van der Waals surface area contributed by atoms with Crippen LogP contribution in [0.15, 0.2) is 12.1 Å². The zero-order valence-corrected chi connectivity index (χ0v) is 10.8. The van der Waals surface area contributed by atoms with E-state index in [0.29, 0.717) is 31.5 Å². The third-order valence-electron chi connectivity index (χ3n) is 3.03. The molecule has 0 saturated carbocycles. The second-order valence-electron chi connectivity index (χ2n) is 4.40. The van der Waals surface area contributed by atoms with Crippen molar-refractivity contribution in [3.63, 3.8) is 0 Å². The van der Waals surface area contributed by atoms with Crippen LogP contribution in [0.3, 0.4) is 0 Å². The molecule has 5 nitrogen and oxygen atoms in total. The van der Waals surface area contributed by atoms with E-state index >= 15 is 0 Å². The van der Waals surface area contributed by atoms with Gasteiger partial charge in [-0.3, -0.25) is 10.1 Å². The van der Waals surface area contributed by atoms with Gasteiger partial charge in [0.25, 0.3) is 5.69 Å². The average Bonchev–Trinajstić information content (AvgIpc) is 2.35. The highest BCUT2D eigenvalue weighted by Crippen LogP contribution is 2.28.